The Bertz CT molecular complexity index is 852. The summed E-state index contributed by atoms with van der Waals surface area (Å²) in [4.78, 5) is 34.5. The van der Waals surface area contributed by atoms with Crippen molar-refractivity contribution in [3.8, 4) is 0 Å². The molecule has 2 aromatic heterocycles. The minimum absolute atomic E-state index is 0.151. The first kappa shape index (κ1) is 20.6. The molecule has 6 nitrogen and oxygen atoms in total. The Morgan fingerprint density at radius 3 is 2.50 bits per heavy atom. The number of aromatic nitrogens is 2. The van der Waals surface area contributed by atoms with Crippen LogP contribution < -0.4 is 5.56 Å². The molecule has 0 aliphatic rings. The molecule has 144 valence electrons. The number of nitrogens with zero attached hydrogens (tertiary/aromatic N) is 3. The lowest BCUT2D eigenvalue weighted by atomic mass is 10.1. The van der Waals surface area contributed by atoms with Gasteiger partial charge in [0.1, 0.15) is 16.7 Å². The van der Waals surface area contributed by atoms with Crippen LogP contribution in [0.25, 0.3) is 10.2 Å². The highest BCUT2D eigenvalue weighted by Crippen LogP contribution is 2.28. The van der Waals surface area contributed by atoms with Crippen LogP contribution in [0.4, 0.5) is 0 Å². The van der Waals surface area contributed by atoms with Gasteiger partial charge in [-0.3, -0.25) is 9.36 Å². The van der Waals surface area contributed by atoms with Gasteiger partial charge in [0.2, 0.25) is 0 Å². The van der Waals surface area contributed by atoms with Crippen LogP contribution >= 0.6 is 11.3 Å². The van der Waals surface area contributed by atoms with Gasteiger partial charge in [-0.05, 0) is 45.8 Å². The van der Waals surface area contributed by atoms with Gasteiger partial charge in [0.15, 0.2) is 0 Å². The Hall–Kier alpha value is -1.73. The van der Waals surface area contributed by atoms with E-state index in [0.29, 0.717) is 30.8 Å². The van der Waals surface area contributed by atoms with Gasteiger partial charge >= 0.3 is 5.97 Å². The van der Waals surface area contributed by atoms with Gasteiger partial charge < -0.3 is 9.64 Å². The lowest BCUT2D eigenvalue weighted by Gasteiger charge is -2.22. The van der Waals surface area contributed by atoms with E-state index in [4.69, 9.17) is 9.72 Å². The van der Waals surface area contributed by atoms with Crippen molar-refractivity contribution in [2.24, 2.45) is 5.92 Å². The maximum atomic E-state index is 13.3. The summed E-state index contributed by atoms with van der Waals surface area (Å²) in [6, 6.07) is -0.660. The van der Waals surface area contributed by atoms with E-state index >= 15 is 0 Å². The molecule has 2 rings (SSSR count). The van der Waals surface area contributed by atoms with Gasteiger partial charge in [-0.1, -0.05) is 20.8 Å². The number of carbonyl (C=O) groups excluding carboxylic acids is 1. The van der Waals surface area contributed by atoms with E-state index in [-0.39, 0.29) is 17.4 Å². The molecule has 2 heterocycles. The topological polar surface area (TPSA) is 64.4 Å². The van der Waals surface area contributed by atoms with E-state index < -0.39 is 6.04 Å². The van der Waals surface area contributed by atoms with Crippen LogP contribution in [0.2, 0.25) is 0 Å². The van der Waals surface area contributed by atoms with Crippen molar-refractivity contribution < 1.29 is 9.53 Å². The van der Waals surface area contributed by atoms with Crippen LogP contribution in [0, 0.1) is 19.8 Å². The fraction of sp³-hybridized carbons (Fsp3) is 0.632. The quantitative estimate of drug-likeness (QED) is 0.691. The molecule has 0 fully saturated rings. The molecule has 0 N–H and O–H groups in total. The summed E-state index contributed by atoms with van der Waals surface area (Å²) in [6.45, 7) is 10.6. The van der Waals surface area contributed by atoms with Crippen LogP contribution in [0.3, 0.4) is 0 Å². The fourth-order valence-electron chi connectivity index (χ4n) is 2.86. The van der Waals surface area contributed by atoms with Gasteiger partial charge in [-0.2, -0.15) is 0 Å². The molecule has 0 bridgehead atoms. The third-order valence-electron chi connectivity index (χ3n) is 4.30. The third-order valence-corrected chi connectivity index (χ3v) is 5.40. The van der Waals surface area contributed by atoms with Crippen molar-refractivity contribution in [3.63, 3.8) is 0 Å². The highest BCUT2D eigenvalue weighted by Gasteiger charge is 2.27. The molecule has 0 aliphatic carbocycles. The standard InChI is InChI=1S/C19H29N3O3S/c1-8-14(19(24)25-10-11(2)3)22-15(9-21(6)7)20-17-16(18(22)23)12(4)13(5)26-17/h11,14H,8-10H2,1-7H3. The molecule has 0 aliphatic heterocycles. The summed E-state index contributed by atoms with van der Waals surface area (Å²) >= 11 is 1.53. The highest BCUT2D eigenvalue weighted by atomic mass is 32.1. The minimum Gasteiger partial charge on any atom is -0.464 e. The summed E-state index contributed by atoms with van der Waals surface area (Å²) in [7, 11) is 3.84. The maximum Gasteiger partial charge on any atom is 0.329 e. The normalized spacial score (nSPS) is 13.0. The summed E-state index contributed by atoms with van der Waals surface area (Å²) in [5.74, 6) is 0.480. The number of fused-ring (bicyclic) bond motifs is 1. The molecule has 1 unspecified atom stereocenters. The summed E-state index contributed by atoms with van der Waals surface area (Å²) in [6.07, 6.45) is 0.479. The molecule has 7 heteroatoms. The van der Waals surface area contributed by atoms with E-state index in [2.05, 4.69) is 0 Å². The molecular weight excluding hydrogens is 350 g/mol. The number of ether oxygens (including phenoxy) is 1. The molecule has 0 saturated carbocycles. The Balaban J connectivity index is 2.64. The van der Waals surface area contributed by atoms with Crippen molar-refractivity contribution in [2.75, 3.05) is 20.7 Å². The molecule has 0 spiro atoms. The van der Waals surface area contributed by atoms with Crippen LogP contribution in [-0.4, -0.2) is 41.1 Å². The maximum absolute atomic E-state index is 13.3. The van der Waals surface area contributed by atoms with Crippen molar-refractivity contribution in [2.45, 2.75) is 53.6 Å². The summed E-state index contributed by atoms with van der Waals surface area (Å²) in [5, 5.41) is 0.616. The van der Waals surface area contributed by atoms with E-state index in [1.54, 1.807) is 4.57 Å². The predicted octanol–water partition coefficient (Wildman–Crippen LogP) is 3.29. The molecule has 0 saturated heterocycles. The van der Waals surface area contributed by atoms with Gasteiger partial charge in [0.05, 0.1) is 18.5 Å². The third kappa shape index (κ3) is 4.15. The van der Waals surface area contributed by atoms with Crippen molar-refractivity contribution in [1.29, 1.82) is 0 Å². The lowest BCUT2D eigenvalue weighted by Crippen LogP contribution is -2.36. The zero-order valence-corrected chi connectivity index (χ0v) is 17.6. The Morgan fingerprint density at radius 1 is 1.31 bits per heavy atom. The molecule has 2 aromatic rings. The second-order valence-electron chi connectivity index (χ2n) is 7.35. The fourth-order valence-corrected chi connectivity index (χ4v) is 3.90. The molecule has 0 amide bonds. The number of aryl methyl sites for hydroxylation is 2. The van der Waals surface area contributed by atoms with Gasteiger partial charge in [0, 0.05) is 4.88 Å². The van der Waals surface area contributed by atoms with Crippen molar-refractivity contribution >= 4 is 27.5 Å². The Kier molecular flexibility index (Phi) is 6.58. The van der Waals surface area contributed by atoms with Crippen LogP contribution in [0.5, 0.6) is 0 Å². The van der Waals surface area contributed by atoms with Gasteiger partial charge in [-0.15, -0.1) is 11.3 Å². The summed E-state index contributed by atoms with van der Waals surface area (Å²) in [5.41, 5.74) is 0.792. The number of hydrogen-bond acceptors (Lipinski definition) is 6. The van der Waals surface area contributed by atoms with Crippen molar-refractivity contribution in [1.82, 2.24) is 14.5 Å². The molecule has 0 radical (unpaired) electrons. The van der Waals surface area contributed by atoms with E-state index in [1.807, 2.05) is 53.6 Å². The SMILES string of the molecule is CCC(C(=O)OCC(C)C)n1c(CN(C)C)nc2sc(C)c(C)c2c1=O. The zero-order chi connectivity index (χ0) is 19.6. The molecule has 26 heavy (non-hydrogen) atoms. The minimum atomic E-state index is -0.660. The second-order valence-corrected chi connectivity index (χ2v) is 8.56. The smallest absolute Gasteiger partial charge is 0.329 e. The van der Waals surface area contributed by atoms with Crippen LogP contribution in [-0.2, 0) is 16.1 Å². The van der Waals surface area contributed by atoms with E-state index in [9.17, 15) is 9.59 Å². The number of thiophene rings is 1. The summed E-state index contributed by atoms with van der Waals surface area (Å²) < 4.78 is 6.98. The Labute approximate surface area is 158 Å². The van der Waals surface area contributed by atoms with Gasteiger partial charge in [-0.25, -0.2) is 9.78 Å². The average molecular weight is 380 g/mol. The monoisotopic (exact) mass is 379 g/mol. The van der Waals surface area contributed by atoms with E-state index in [0.717, 1.165) is 15.3 Å². The lowest BCUT2D eigenvalue weighted by molar-refractivity contribution is -0.149. The molecule has 1 atom stereocenters. The number of hydrogen-bond donors (Lipinski definition) is 0. The largest absolute Gasteiger partial charge is 0.464 e. The second kappa shape index (κ2) is 8.31. The molecular formula is C19H29N3O3S. The Morgan fingerprint density at radius 2 is 1.96 bits per heavy atom. The highest BCUT2D eigenvalue weighted by molar-refractivity contribution is 7.18. The first-order valence-electron chi connectivity index (χ1n) is 8.99. The van der Waals surface area contributed by atoms with Crippen LogP contribution in [0.1, 0.15) is 49.5 Å². The number of rotatable bonds is 7. The first-order chi connectivity index (χ1) is 12.2. The van der Waals surface area contributed by atoms with Crippen molar-refractivity contribution in [3.05, 3.63) is 26.6 Å². The van der Waals surface area contributed by atoms with E-state index in [1.165, 1.54) is 11.3 Å². The number of esters is 1. The predicted molar refractivity (Wildman–Crippen MR) is 106 cm³/mol. The zero-order valence-electron chi connectivity index (χ0n) is 16.8. The van der Waals surface area contributed by atoms with Gasteiger partial charge in [0.25, 0.3) is 5.56 Å². The average Bonchev–Trinajstić information content (AvgIpc) is 2.82. The number of carbonyl (C=O) groups is 1. The van der Waals surface area contributed by atoms with Crippen LogP contribution in [0.15, 0.2) is 4.79 Å². The first-order valence-corrected chi connectivity index (χ1v) is 9.81. The molecule has 0 aromatic carbocycles.